The third kappa shape index (κ3) is 4.30. The lowest BCUT2D eigenvalue weighted by atomic mass is 10.1. The fourth-order valence-corrected chi connectivity index (χ4v) is 3.40. The van der Waals surface area contributed by atoms with Gasteiger partial charge in [0.25, 0.3) is 0 Å². The van der Waals surface area contributed by atoms with Crippen molar-refractivity contribution in [3.63, 3.8) is 0 Å². The molecule has 2 aromatic carbocycles. The Balaban J connectivity index is 1.41. The van der Waals surface area contributed by atoms with Crippen LogP contribution in [-0.4, -0.2) is 36.1 Å². The molecule has 0 bridgehead atoms. The molecule has 0 unspecified atom stereocenters. The van der Waals surface area contributed by atoms with E-state index in [4.69, 9.17) is 9.15 Å². The molecule has 0 N–H and O–H groups in total. The molecule has 1 saturated heterocycles. The summed E-state index contributed by atoms with van der Waals surface area (Å²) in [5, 5.41) is 0. The predicted molar refractivity (Wildman–Crippen MR) is 100 cm³/mol. The van der Waals surface area contributed by atoms with Crippen LogP contribution in [0.2, 0.25) is 0 Å². The normalized spacial score (nSPS) is 15.4. The molecule has 7 heteroatoms. The van der Waals surface area contributed by atoms with Gasteiger partial charge >= 0.3 is 6.18 Å². The van der Waals surface area contributed by atoms with Gasteiger partial charge in [-0.05, 0) is 68.8 Å². The van der Waals surface area contributed by atoms with E-state index in [1.807, 2.05) is 6.07 Å². The summed E-state index contributed by atoms with van der Waals surface area (Å²) in [5.74, 6) is 0.985. The van der Waals surface area contributed by atoms with Crippen LogP contribution >= 0.6 is 0 Å². The zero-order valence-corrected chi connectivity index (χ0v) is 15.3. The lowest BCUT2D eigenvalue weighted by molar-refractivity contribution is -0.137. The number of nitrogens with zero attached hydrogens (tertiary/aromatic N) is 2. The van der Waals surface area contributed by atoms with Crippen LogP contribution in [0.3, 0.4) is 0 Å². The molecule has 0 atom stereocenters. The van der Waals surface area contributed by atoms with Crippen molar-refractivity contribution in [1.29, 1.82) is 0 Å². The summed E-state index contributed by atoms with van der Waals surface area (Å²) in [4.78, 5) is 6.80. The van der Waals surface area contributed by atoms with Gasteiger partial charge < -0.3 is 14.1 Å². The number of alkyl halides is 3. The molecule has 0 radical (unpaired) electrons. The summed E-state index contributed by atoms with van der Waals surface area (Å²) >= 11 is 0. The predicted octanol–water partition coefficient (Wildman–Crippen LogP) is 5.38. The van der Waals surface area contributed by atoms with Gasteiger partial charge in [0, 0.05) is 18.2 Å². The Bertz CT molecular complexity index is 929. The van der Waals surface area contributed by atoms with Crippen molar-refractivity contribution >= 4 is 11.1 Å². The highest BCUT2D eigenvalue weighted by Gasteiger charge is 2.30. The Morgan fingerprint density at radius 2 is 1.79 bits per heavy atom. The monoisotopic (exact) mass is 390 g/mol. The summed E-state index contributed by atoms with van der Waals surface area (Å²) < 4.78 is 49.6. The molecular weight excluding hydrogens is 369 g/mol. The SMILES string of the molecule is FC(F)(F)c1ccc(-c2nc3ccc(OCCCN4CCCC4)cc3o2)cc1. The Labute approximate surface area is 160 Å². The molecule has 0 aliphatic carbocycles. The zero-order chi connectivity index (χ0) is 19.6. The van der Waals surface area contributed by atoms with E-state index in [2.05, 4.69) is 9.88 Å². The van der Waals surface area contributed by atoms with E-state index in [1.165, 1.54) is 38.1 Å². The fraction of sp³-hybridized carbons (Fsp3) is 0.381. The quantitative estimate of drug-likeness (QED) is 0.530. The molecule has 1 fully saturated rings. The van der Waals surface area contributed by atoms with Gasteiger partial charge in [-0.2, -0.15) is 13.2 Å². The Kier molecular flexibility index (Phi) is 5.26. The second-order valence-electron chi connectivity index (χ2n) is 6.97. The summed E-state index contributed by atoms with van der Waals surface area (Å²) in [5.41, 5.74) is 0.987. The van der Waals surface area contributed by atoms with Crippen molar-refractivity contribution in [3.8, 4) is 17.2 Å². The van der Waals surface area contributed by atoms with E-state index in [0.29, 0.717) is 29.0 Å². The van der Waals surface area contributed by atoms with Gasteiger partial charge in [0.05, 0.1) is 12.2 Å². The largest absolute Gasteiger partial charge is 0.493 e. The molecule has 3 aromatic rings. The second kappa shape index (κ2) is 7.83. The van der Waals surface area contributed by atoms with Crippen LogP contribution in [0.15, 0.2) is 46.9 Å². The summed E-state index contributed by atoms with van der Waals surface area (Å²) in [6, 6.07) is 10.2. The number of likely N-dealkylation sites (tertiary alicyclic amines) is 1. The van der Waals surface area contributed by atoms with E-state index >= 15 is 0 Å². The number of halogens is 3. The number of ether oxygens (including phenoxy) is 1. The van der Waals surface area contributed by atoms with Crippen LogP contribution < -0.4 is 4.74 Å². The molecule has 1 aliphatic heterocycles. The number of hydrogen-bond donors (Lipinski definition) is 0. The molecule has 1 aromatic heterocycles. The van der Waals surface area contributed by atoms with Gasteiger partial charge in [-0.1, -0.05) is 0 Å². The van der Waals surface area contributed by atoms with Crippen molar-refractivity contribution < 1.29 is 22.3 Å². The maximum atomic E-state index is 12.7. The van der Waals surface area contributed by atoms with Crippen LogP contribution in [0.4, 0.5) is 13.2 Å². The first-order valence-electron chi connectivity index (χ1n) is 9.42. The zero-order valence-electron chi connectivity index (χ0n) is 15.3. The van der Waals surface area contributed by atoms with E-state index in [9.17, 15) is 13.2 Å². The standard InChI is InChI=1S/C21H21F3N2O2/c22-21(23,24)16-6-4-15(5-7-16)20-25-18-9-8-17(14-19(18)28-20)27-13-3-12-26-10-1-2-11-26/h4-9,14H,1-3,10-13H2. The van der Waals surface area contributed by atoms with Crippen LogP contribution in [0.1, 0.15) is 24.8 Å². The molecule has 148 valence electrons. The van der Waals surface area contributed by atoms with E-state index in [-0.39, 0.29) is 5.89 Å². The van der Waals surface area contributed by atoms with Crippen molar-refractivity contribution in [2.45, 2.75) is 25.4 Å². The lowest BCUT2D eigenvalue weighted by Gasteiger charge is -2.14. The number of oxazole rings is 1. The van der Waals surface area contributed by atoms with Crippen molar-refractivity contribution in [2.24, 2.45) is 0 Å². The molecule has 0 spiro atoms. The molecule has 4 rings (SSSR count). The first-order valence-corrected chi connectivity index (χ1v) is 9.42. The molecule has 0 saturated carbocycles. The first-order chi connectivity index (χ1) is 13.5. The Morgan fingerprint density at radius 3 is 2.50 bits per heavy atom. The van der Waals surface area contributed by atoms with Gasteiger partial charge in [0.1, 0.15) is 11.3 Å². The average Bonchev–Trinajstić information content (AvgIpc) is 3.34. The summed E-state index contributed by atoms with van der Waals surface area (Å²) in [6.45, 7) is 4.03. The maximum absolute atomic E-state index is 12.7. The number of fused-ring (bicyclic) bond motifs is 1. The van der Waals surface area contributed by atoms with Crippen molar-refractivity contribution in [1.82, 2.24) is 9.88 Å². The minimum absolute atomic E-state index is 0.287. The van der Waals surface area contributed by atoms with Gasteiger partial charge in [-0.25, -0.2) is 4.98 Å². The topological polar surface area (TPSA) is 38.5 Å². The third-order valence-electron chi connectivity index (χ3n) is 4.91. The van der Waals surface area contributed by atoms with E-state index in [1.54, 1.807) is 12.1 Å². The fourth-order valence-electron chi connectivity index (χ4n) is 3.40. The highest BCUT2D eigenvalue weighted by Crippen LogP contribution is 2.32. The van der Waals surface area contributed by atoms with Crippen molar-refractivity contribution in [3.05, 3.63) is 48.0 Å². The van der Waals surface area contributed by atoms with Gasteiger partial charge in [0.15, 0.2) is 5.58 Å². The second-order valence-corrected chi connectivity index (χ2v) is 6.97. The van der Waals surface area contributed by atoms with E-state index < -0.39 is 11.7 Å². The highest BCUT2D eigenvalue weighted by atomic mass is 19.4. The van der Waals surface area contributed by atoms with Crippen molar-refractivity contribution in [2.75, 3.05) is 26.2 Å². The van der Waals surface area contributed by atoms with Gasteiger partial charge in [-0.15, -0.1) is 0 Å². The lowest BCUT2D eigenvalue weighted by Crippen LogP contribution is -2.21. The number of aromatic nitrogens is 1. The van der Waals surface area contributed by atoms with E-state index in [0.717, 1.165) is 25.1 Å². The van der Waals surface area contributed by atoms with Crippen LogP contribution in [-0.2, 0) is 6.18 Å². The Morgan fingerprint density at radius 1 is 1.04 bits per heavy atom. The number of hydrogen-bond acceptors (Lipinski definition) is 4. The van der Waals surface area contributed by atoms with Crippen LogP contribution in [0.25, 0.3) is 22.6 Å². The molecule has 1 aliphatic rings. The number of benzene rings is 2. The summed E-state index contributed by atoms with van der Waals surface area (Å²) in [7, 11) is 0. The third-order valence-corrected chi connectivity index (χ3v) is 4.91. The van der Waals surface area contributed by atoms with Crippen LogP contribution in [0.5, 0.6) is 5.75 Å². The maximum Gasteiger partial charge on any atom is 0.416 e. The smallest absolute Gasteiger partial charge is 0.416 e. The van der Waals surface area contributed by atoms with Crippen LogP contribution in [0, 0.1) is 0 Å². The molecule has 4 nitrogen and oxygen atoms in total. The molecule has 0 amide bonds. The summed E-state index contributed by atoms with van der Waals surface area (Å²) in [6.07, 6.45) is -0.833. The highest BCUT2D eigenvalue weighted by molar-refractivity contribution is 5.77. The minimum atomic E-state index is -4.36. The number of rotatable bonds is 6. The molecular formula is C21H21F3N2O2. The molecule has 28 heavy (non-hydrogen) atoms. The first kappa shape index (κ1) is 18.8. The Hall–Kier alpha value is -2.54. The molecule has 2 heterocycles. The van der Waals surface area contributed by atoms with Gasteiger partial charge in [0.2, 0.25) is 5.89 Å². The minimum Gasteiger partial charge on any atom is -0.493 e. The average molecular weight is 390 g/mol. The van der Waals surface area contributed by atoms with Gasteiger partial charge in [-0.3, -0.25) is 0 Å².